The van der Waals surface area contributed by atoms with Crippen molar-refractivity contribution in [2.75, 3.05) is 13.2 Å². The van der Waals surface area contributed by atoms with Crippen LogP contribution in [0.3, 0.4) is 0 Å². The number of rotatable bonds is 11. The first-order chi connectivity index (χ1) is 26.2. The number of ether oxygens (including phenoxy) is 4. The average Bonchev–Trinajstić information content (AvgIpc) is 3.53. The second-order valence-electron chi connectivity index (χ2n) is 19.8. The molecule has 2 heterocycles. The number of aliphatic hydroxyl groups excluding tert-OH is 9. The number of aliphatic hydroxyl groups is 10. The summed E-state index contributed by atoms with van der Waals surface area (Å²) in [4.78, 5) is 0. The van der Waals surface area contributed by atoms with E-state index in [4.69, 9.17) is 18.9 Å². The van der Waals surface area contributed by atoms with E-state index >= 15 is 0 Å². The van der Waals surface area contributed by atoms with Crippen LogP contribution in [0.4, 0.5) is 0 Å². The Morgan fingerprint density at radius 2 is 1.36 bits per heavy atom. The maximum absolute atomic E-state index is 12.2. The molecule has 6 aliphatic rings. The molecule has 14 heteroatoms. The Kier molecular flexibility index (Phi) is 13.2. The summed E-state index contributed by atoms with van der Waals surface area (Å²) in [6.07, 6.45) is -9.29. The van der Waals surface area contributed by atoms with Gasteiger partial charge in [0.1, 0.15) is 48.8 Å². The van der Waals surface area contributed by atoms with E-state index in [9.17, 15) is 51.1 Å². The van der Waals surface area contributed by atoms with Crippen molar-refractivity contribution in [1.82, 2.24) is 0 Å². The lowest BCUT2D eigenvalue weighted by Crippen LogP contribution is -2.68. The monoisotopic (exact) mass is 800 g/mol. The fourth-order valence-corrected chi connectivity index (χ4v) is 12.9. The van der Waals surface area contributed by atoms with Gasteiger partial charge in [-0.05, 0) is 117 Å². The van der Waals surface area contributed by atoms with Gasteiger partial charge < -0.3 is 70.0 Å². The highest BCUT2D eigenvalue weighted by Crippen LogP contribution is 2.71. The summed E-state index contributed by atoms with van der Waals surface area (Å²) in [6, 6.07) is 0. The molecule has 2 aliphatic heterocycles. The van der Waals surface area contributed by atoms with Crippen LogP contribution in [-0.2, 0) is 18.9 Å². The average molecular weight is 801 g/mol. The van der Waals surface area contributed by atoms with Crippen LogP contribution in [0.25, 0.3) is 0 Å². The molecule has 56 heavy (non-hydrogen) atoms. The largest absolute Gasteiger partial charge is 0.394 e. The summed E-state index contributed by atoms with van der Waals surface area (Å²) >= 11 is 0. The molecular weight excluding hydrogens is 728 g/mol. The Morgan fingerprint density at radius 1 is 0.768 bits per heavy atom. The summed E-state index contributed by atoms with van der Waals surface area (Å²) in [6.45, 7) is 13.3. The van der Waals surface area contributed by atoms with Gasteiger partial charge >= 0.3 is 0 Å². The third-order valence-electron chi connectivity index (χ3n) is 16.2. The van der Waals surface area contributed by atoms with Crippen LogP contribution < -0.4 is 0 Å². The van der Waals surface area contributed by atoms with Gasteiger partial charge in [-0.15, -0.1) is 0 Å². The lowest BCUT2D eigenvalue weighted by atomic mass is 9.39. The van der Waals surface area contributed by atoms with Crippen molar-refractivity contribution in [1.29, 1.82) is 0 Å². The number of fused-ring (bicyclic) bond motifs is 5. The molecule has 14 nitrogen and oxygen atoms in total. The zero-order chi connectivity index (χ0) is 41.3. The third kappa shape index (κ3) is 7.58. The van der Waals surface area contributed by atoms with Gasteiger partial charge in [-0.2, -0.15) is 0 Å². The fraction of sp³-hybridized carbons (Fsp3) is 0.952. The number of allylic oxidation sites excluding steroid dienone is 2. The predicted octanol–water partition coefficient (Wildman–Crippen LogP) is 1.12. The van der Waals surface area contributed by atoms with E-state index in [0.717, 1.165) is 25.7 Å². The minimum atomic E-state index is -1.80. The van der Waals surface area contributed by atoms with Gasteiger partial charge in [-0.3, -0.25) is 0 Å². The number of hydrogen-bond donors (Lipinski definition) is 10. The van der Waals surface area contributed by atoms with Crippen LogP contribution in [-0.4, -0.2) is 150 Å². The normalized spacial score (nSPS) is 51.8. The summed E-state index contributed by atoms with van der Waals surface area (Å²) < 4.78 is 24.8. The Hall–Kier alpha value is -0.820. The van der Waals surface area contributed by atoms with Crippen molar-refractivity contribution in [3.8, 4) is 0 Å². The first-order valence-corrected chi connectivity index (χ1v) is 21.2. The van der Waals surface area contributed by atoms with E-state index in [1.807, 2.05) is 20.8 Å². The molecule has 0 spiro atoms. The van der Waals surface area contributed by atoms with Crippen molar-refractivity contribution >= 4 is 0 Å². The molecule has 0 aromatic rings. The molecule has 0 bridgehead atoms. The van der Waals surface area contributed by atoms with Crippen LogP contribution >= 0.6 is 0 Å². The summed E-state index contributed by atoms with van der Waals surface area (Å²) in [5.41, 5.74) is -1.18. The molecule has 0 radical (unpaired) electrons. The smallest absolute Gasteiger partial charge is 0.187 e. The molecule has 6 fully saturated rings. The standard InChI is InChI=1S/C42H72O14/c1-8-20(2)10-9-13-42(7,52)21-11-14-40(5)23-17-25(36-39(3,4)28(46)12-15-41(36,6)22(23)16-24(45)29(21)40)53-38-35(33(50)31(48)27(19-44)55-38)56-37-34(51)32(49)30(47)26(18-43)54-37/h10,21-38,43-52H,8-9,11-19H2,1-7H3. The molecule has 0 aromatic heterocycles. The van der Waals surface area contributed by atoms with Gasteiger partial charge in [0.05, 0.1) is 37.1 Å². The van der Waals surface area contributed by atoms with Crippen molar-refractivity contribution in [3.63, 3.8) is 0 Å². The lowest BCUT2D eigenvalue weighted by molar-refractivity contribution is -0.380. The Morgan fingerprint density at radius 3 is 1.98 bits per heavy atom. The molecule has 0 amide bonds. The maximum atomic E-state index is 12.2. The Labute approximate surface area is 331 Å². The topological polar surface area (TPSA) is 239 Å². The van der Waals surface area contributed by atoms with Gasteiger partial charge in [0.25, 0.3) is 0 Å². The first-order valence-electron chi connectivity index (χ1n) is 21.2. The molecule has 6 rings (SSSR count). The Bertz CT molecular complexity index is 1370. The molecule has 324 valence electrons. The van der Waals surface area contributed by atoms with Gasteiger partial charge in [-0.25, -0.2) is 0 Å². The van der Waals surface area contributed by atoms with Crippen LogP contribution in [0.5, 0.6) is 0 Å². The van der Waals surface area contributed by atoms with E-state index in [0.29, 0.717) is 32.1 Å². The van der Waals surface area contributed by atoms with E-state index in [1.165, 1.54) is 5.57 Å². The van der Waals surface area contributed by atoms with Crippen molar-refractivity contribution in [3.05, 3.63) is 11.6 Å². The van der Waals surface area contributed by atoms with Crippen molar-refractivity contribution in [2.24, 2.45) is 45.8 Å². The van der Waals surface area contributed by atoms with Crippen LogP contribution in [0.2, 0.25) is 0 Å². The molecule has 0 aromatic carbocycles. The molecule has 2 saturated heterocycles. The molecule has 10 N–H and O–H groups in total. The van der Waals surface area contributed by atoms with E-state index < -0.39 is 109 Å². The van der Waals surface area contributed by atoms with Gasteiger partial charge in [-0.1, -0.05) is 46.3 Å². The highest BCUT2D eigenvalue weighted by Gasteiger charge is 2.69. The van der Waals surface area contributed by atoms with E-state index in [-0.39, 0.29) is 35.0 Å². The quantitative estimate of drug-likeness (QED) is 0.104. The van der Waals surface area contributed by atoms with Crippen LogP contribution in [0, 0.1) is 45.8 Å². The van der Waals surface area contributed by atoms with Gasteiger partial charge in [0.15, 0.2) is 12.6 Å². The molecular formula is C42H72O14. The maximum Gasteiger partial charge on any atom is 0.187 e. The summed E-state index contributed by atoms with van der Waals surface area (Å²) in [5, 5.41) is 110. The molecule has 4 saturated carbocycles. The van der Waals surface area contributed by atoms with Crippen LogP contribution in [0.15, 0.2) is 11.6 Å². The second kappa shape index (κ2) is 16.6. The fourth-order valence-electron chi connectivity index (χ4n) is 12.9. The lowest BCUT2D eigenvalue weighted by Gasteiger charge is -2.68. The minimum Gasteiger partial charge on any atom is -0.394 e. The zero-order valence-corrected chi connectivity index (χ0v) is 34.4. The third-order valence-corrected chi connectivity index (χ3v) is 16.2. The first kappa shape index (κ1) is 44.7. The van der Waals surface area contributed by atoms with Crippen molar-refractivity contribution in [2.45, 2.75) is 192 Å². The summed E-state index contributed by atoms with van der Waals surface area (Å²) in [5.74, 6) is -0.460. The predicted molar refractivity (Wildman–Crippen MR) is 202 cm³/mol. The second-order valence-corrected chi connectivity index (χ2v) is 19.8. The van der Waals surface area contributed by atoms with E-state index in [1.54, 1.807) is 0 Å². The highest BCUT2D eigenvalue weighted by atomic mass is 16.8. The van der Waals surface area contributed by atoms with Crippen LogP contribution in [0.1, 0.15) is 106 Å². The Balaban J connectivity index is 1.35. The summed E-state index contributed by atoms with van der Waals surface area (Å²) in [7, 11) is 0. The highest BCUT2D eigenvalue weighted by molar-refractivity contribution is 5.18. The van der Waals surface area contributed by atoms with Crippen molar-refractivity contribution < 1.29 is 70.0 Å². The SMILES string of the molecule is CCC(C)=CCCC(C)(O)C1CCC2(C)C3CC(OC4OC(CO)C(O)C(O)C4OC4OC(CO)C(O)C(O)C4O)C4C(C)(C)C(O)CCC4(C)C3CC(O)C12. The van der Waals surface area contributed by atoms with Gasteiger partial charge in [0.2, 0.25) is 0 Å². The molecule has 21 unspecified atom stereocenters. The number of hydrogen-bond acceptors (Lipinski definition) is 14. The van der Waals surface area contributed by atoms with E-state index in [2.05, 4.69) is 33.8 Å². The van der Waals surface area contributed by atoms with Gasteiger partial charge in [0, 0.05) is 0 Å². The minimum absolute atomic E-state index is 0.0359. The molecule has 4 aliphatic carbocycles. The zero-order valence-electron chi connectivity index (χ0n) is 34.4. The molecule has 21 atom stereocenters.